The van der Waals surface area contributed by atoms with Crippen molar-refractivity contribution in [3.63, 3.8) is 0 Å². The van der Waals surface area contributed by atoms with Crippen molar-refractivity contribution >= 4 is 11.8 Å². The van der Waals surface area contributed by atoms with Crippen LogP contribution in [0.5, 0.6) is 0 Å². The van der Waals surface area contributed by atoms with E-state index in [1.54, 1.807) is 6.07 Å². The number of carbonyl (C=O) groups is 2. The summed E-state index contributed by atoms with van der Waals surface area (Å²) in [5, 5.41) is 7.00. The Morgan fingerprint density at radius 3 is 2.65 bits per heavy atom. The molecule has 7 nitrogen and oxygen atoms in total. The second-order valence-corrected chi connectivity index (χ2v) is 6.86. The summed E-state index contributed by atoms with van der Waals surface area (Å²) in [5.74, 6) is 4.95. The van der Waals surface area contributed by atoms with Crippen LogP contribution in [0.3, 0.4) is 0 Å². The quantitative estimate of drug-likeness (QED) is 0.400. The first kappa shape index (κ1) is 18.1. The van der Waals surface area contributed by atoms with Crippen LogP contribution in [0.2, 0.25) is 0 Å². The van der Waals surface area contributed by atoms with E-state index in [1.807, 2.05) is 37.3 Å². The number of hydrogen-bond acceptors (Lipinski definition) is 5. The second kappa shape index (κ2) is 8.14. The number of hydrazine groups is 1. The summed E-state index contributed by atoms with van der Waals surface area (Å²) in [5.41, 5.74) is 3.68. The molecule has 1 aliphatic rings. The summed E-state index contributed by atoms with van der Waals surface area (Å²) in [4.78, 5) is 24.3. The molecule has 2 unspecified atom stereocenters. The van der Waals surface area contributed by atoms with Crippen LogP contribution in [-0.2, 0) is 4.79 Å². The average molecular weight is 356 g/mol. The maximum atomic E-state index is 12.6. The third kappa shape index (κ3) is 4.11. The molecule has 1 fully saturated rings. The Labute approximate surface area is 152 Å². The van der Waals surface area contributed by atoms with Gasteiger partial charge in [-0.1, -0.05) is 48.8 Å². The van der Waals surface area contributed by atoms with E-state index in [2.05, 4.69) is 15.9 Å². The molecular formula is C19H24N4O3. The Kier molecular flexibility index (Phi) is 5.68. The minimum atomic E-state index is -0.308. The SMILES string of the molecule is CC(CC(NC(=O)c1cc(-c2ccccc2)no1)C1CCC1)C(=O)NN. The van der Waals surface area contributed by atoms with Crippen LogP contribution >= 0.6 is 0 Å². The van der Waals surface area contributed by atoms with Crippen LogP contribution < -0.4 is 16.6 Å². The number of nitrogens with two attached hydrogens (primary N) is 1. The Hall–Kier alpha value is -2.67. The third-order valence-electron chi connectivity index (χ3n) is 5.04. The van der Waals surface area contributed by atoms with Crippen molar-refractivity contribution in [3.8, 4) is 11.3 Å². The normalized spacial score (nSPS) is 16.4. The van der Waals surface area contributed by atoms with Crippen LogP contribution in [0.4, 0.5) is 0 Å². The molecule has 3 rings (SSSR count). The summed E-state index contributed by atoms with van der Waals surface area (Å²) in [6.45, 7) is 1.81. The van der Waals surface area contributed by atoms with E-state index in [0.717, 1.165) is 24.8 Å². The van der Waals surface area contributed by atoms with Crippen LogP contribution in [0.1, 0.15) is 43.2 Å². The zero-order valence-corrected chi connectivity index (χ0v) is 14.8. The number of nitrogens with zero attached hydrogens (tertiary/aromatic N) is 1. The number of carbonyl (C=O) groups excluding carboxylic acids is 2. The predicted molar refractivity (Wildman–Crippen MR) is 96.6 cm³/mol. The van der Waals surface area contributed by atoms with Crippen molar-refractivity contribution in [3.05, 3.63) is 42.2 Å². The molecule has 2 aromatic rings. The molecule has 7 heteroatoms. The van der Waals surface area contributed by atoms with Gasteiger partial charge in [-0.2, -0.15) is 0 Å². The zero-order chi connectivity index (χ0) is 18.5. The Morgan fingerprint density at radius 2 is 2.04 bits per heavy atom. The molecule has 26 heavy (non-hydrogen) atoms. The van der Waals surface area contributed by atoms with Crippen molar-refractivity contribution in [2.75, 3.05) is 0 Å². The standard InChI is InChI=1S/C19H24N4O3/c1-12(18(24)22-20)10-15(13-8-5-9-13)21-19(25)17-11-16(23-26-17)14-6-3-2-4-7-14/h2-4,6-7,11-13,15H,5,8-10,20H2,1H3,(H,21,25)(H,22,24). The van der Waals surface area contributed by atoms with Gasteiger partial charge in [0.15, 0.2) is 0 Å². The van der Waals surface area contributed by atoms with Crippen molar-refractivity contribution in [1.82, 2.24) is 15.9 Å². The number of amides is 2. The van der Waals surface area contributed by atoms with Gasteiger partial charge in [-0.05, 0) is 25.2 Å². The Balaban J connectivity index is 1.68. The first-order chi connectivity index (χ1) is 12.6. The highest BCUT2D eigenvalue weighted by molar-refractivity contribution is 5.92. The van der Waals surface area contributed by atoms with E-state index in [1.165, 1.54) is 0 Å². The molecule has 0 saturated heterocycles. The van der Waals surface area contributed by atoms with Gasteiger partial charge >= 0.3 is 0 Å². The molecule has 2 amide bonds. The molecule has 0 spiro atoms. The molecule has 138 valence electrons. The molecule has 1 heterocycles. The van der Waals surface area contributed by atoms with Gasteiger partial charge in [0.05, 0.1) is 0 Å². The number of rotatable bonds is 7. The average Bonchev–Trinajstić information content (AvgIpc) is 3.10. The molecule has 0 aliphatic heterocycles. The number of nitrogens with one attached hydrogen (secondary N) is 2. The lowest BCUT2D eigenvalue weighted by Gasteiger charge is -2.35. The molecule has 1 aliphatic carbocycles. The largest absolute Gasteiger partial charge is 0.350 e. The summed E-state index contributed by atoms with van der Waals surface area (Å²) in [6.07, 6.45) is 3.79. The minimum absolute atomic E-state index is 0.0891. The van der Waals surface area contributed by atoms with Gasteiger partial charge in [-0.15, -0.1) is 0 Å². The fourth-order valence-corrected chi connectivity index (χ4v) is 3.21. The third-order valence-corrected chi connectivity index (χ3v) is 5.04. The van der Waals surface area contributed by atoms with Crippen LogP contribution in [0.25, 0.3) is 11.3 Å². The number of benzene rings is 1. The fourth-order valence-electron chi connectivity index (χ4n) is 3.21. The minimum Gasteiger partial charge on any atom is -0.350 e. The van der Waals surface area contributed by atoms with E-state index >= 15 is 0 Å². The summed E-state index contributed by atoms with van der Waals surface area (Å²) in [7, 11) is 0. The fraction of sp³-hybridized carbons (Fsp3) is 0.421. The van der Waals surface area contributed by atoms with Crippen molar-refractivity contribution in [1.29, 1.82) is 0 Å². The second-order valence-electron chi connectivity index (χ2n) is 6.86. The van der Waals surface area contributed by atoms with Crippen molar-refractivity contribution < 1.29 is 14.1 Å². The smallest absolute Gasteiger partial charge is 0.290 e. The van der Waals surface area contributed by atoms with Crippen molar-refractivity contribution in [2.24, 2.45) is 17.7 Å². The lowest BCUT2D eigenvalue weighted by Crippen LogP contribution is -2.46. The van der Waals surface area contributed by atoms with Crippen LogP contribution in [-0.4, -0.2) is 23.0 Å². The van der Waals surface area contributed by atoms with Gasteiger partial charge in [0.2, 0.25) is 11.7 Å². The van der Waals surface area contributed by atoms with E-state index in [-0.39, 0.29) is 29.5 Å². The topological polar surface area (TPSA) is 110 Å². The van der Waals surface area contributed by atoms with Crippen molar-refractivity contribution in [2.45, 2.75) is 38.6 Å². The molecule has 0 bridgehead atoms. The molecule has 1 saturated carbocycles. The highest BCUT2D eigenvalue weighted by Crippen LogP contribution is 2.32. The highest BCUT2D eigenvalue weighted by Gasteiger charge is 2.32. The molecule has 1 aromatic heterocycles. The molecule has 1 aromatic carbocycles. The Bertz CT molecular complexity index is 755. The first-order valence-corrected chi connectivity index (χ1v) is 8.92. The maximum absolute atomic E-state index is 12.6. The molecule has 4 N–H and O–H groups in total. The van der Waals surface area contributed by atoms with E-state index < -0.39 is 0 Å². The zero-order valence-electron chi connectivity index (χ0n) is 14.8. The summed E-state index contributed by atoms with van der Waals surface area (Å²) in [6, 6.07) is 11.1. The molecule has 2 atom stereocenters. The number of hydrogen-bond donors (Lipinski definition) is 3. The monoisotopic (exact) mass is 356 g/mol. The lowest BCUT2D eigenvalue weighted by atomic mass is 9.76. The first-order valence-electron chi connectivity index (χ1n) is 8.92. The van der Waals surface area contributed by atoms with Gasteiger partial charge < -0.3 is 9.84 Å². The van der Waals surface area contributed by atoms with E-state index in [9.17, 15) is 9.59 Å². The van der Waals surface area contributed by atoms with E-state index in [4.69, 9.17) is 10.4 Å². The maximum Gasteiger partial charge on any atom is 0.290 e. The lowest BCUT2D eigenvalue weighted by molar-refractivity contribution is -0.125. The summed E-state index contributed by atoms with van der Waals surface area (Å²) >= 11 is 0. The van der Waals surface area contributed by atoms with Crippen LogP contribution in [0.15, 0.2) is 40.9 Å². The van der Waals surface area contributed by atoms with Crippen LogP contribution in [0, 0.1) is 11.8 Å². The summed E-state index contributed by atoms with van der Waals surface area (Å²) < 4.78 is 5.23. The van der Waals surface area contributed by atoms with E-state index in [0.29, 0.717) is 18.0 Å². The Morgan fingerprint density at radius 1 is 1.31 bits per heavy atom. The van der Waals surface area contributed by atoms with Gasteiger partial charge in [0.1, 0.15) is 5.69 Å². The number of aromatic nitrogens is 1. The molecular weight excluding hydrogens is 332 g/mol. The highest BCUT2D eigenvalue weighted by atomic mass is 16.5. The predicted octanol–water partition coefficient (Wildman–Crippen LogP) is 2.26. The van der Waals surface area contributed by atoms with Gasteiger partial charge in [0, 0.05) is 23.6 Å². The van der Waals surface area contributed by atoms with Gasteiger partial charge in [-0.25, -0.2) is 5.84 Å². The van der Waals surface area contributed by atoms with Gasteiger partial charge in [-0.3, -0.25) is 15.0 Å². The van der Waals surface area contributed by atoms with Gasteiger partial charge in [0.25, 0.3) is 5.91 Å². The molecule has 0 radical (unpaired) electrons.